The molecule has 0 aromatic heterocycles. The largest absolute Gasteiger partial charge is 0.393 e. The summed E-state index contributed by atoms with van der Waals surface area (Å²) in [4.78, 5) is 2.96. The molecule has 0 saturated carbocycles. The third-order valence-corrected chi connectivity index (χ3v) is 4.22. The van der Waals surface area contributed by atoms with Crippen molar-refractivity contribution in [3.05, 3.63) is 65.7 Å². The van der Waals surface area contributed by atoms with E-state index in [1.54, 1.807) is 0 Å². The predicted octanol–water partition coefficient (Wildman–Crippen LogP) is 3.12. The Bertz CT molecular complexity index is 609. The van der Waals surface area contributed by atoms with Crippen LogP contribution in [0.5, 0.6) is 0 Å². The van der Waals surface area contributed by atoms with Gasteiger partial charge in [-0.25, -0.2) is 0 Å². The van der Waals surface area contributed by atoms with Gasteiger partial charge in [0, 0.05) is 18.8 Å². The fourth-order valence-electron chi connectivity index (χ4n) is 2.86. The molecule has 0 bridgehead atoms. The fourth-order valence-corrected chi connectivity index (χ4v) is 3.07. The zero-order valence-corrected chi connectivity index (χ0v) is 12.1. The van der Waals surface area contributed by atoms with Gasteiger partial charge in [-0.1, -0.05) is 60.7 Å². The second-order valence-corrected chi connectivity index (χ2v) is 5.66. The van der Waals surface area contributed by atoms with Gasteiger partial charge in [-0.05, 0) is 23.6 Å². The van der Waals surface area contributed by atoms with Crippen LogP contribution in [0.1, 0.15) is 17.0 Å². The Morgan fingerprint density at radius 1 is 1.10 bits per heavy atom. The topological polar surface area (TPSA) is 29.3 Å². The molecule has 0 aliphatic carbocycles. The first-order chi connectivity index (χ1) is 9.75. The first kappa shape index (κ1) is 13.1. The maximum absolute atomic E-state index is 5.97. The highest BCUT2D eigenvalue weighted by molar-refractivity contribution is 7.80. The van der Waals surface area contributed by atoms with Gasteiger partial charge in [-0.15, -0.1) is 0 Å². The summed E-state index contributed by atoms with van der Waals surface area (Å²) in [5.41, 5.74) is 9.91. The van der Waals surface area contributed by atoms with Crippen LogP contribution in [-0.4, -0.2) is 18.1 Å². The Labute approximate surface area is 125 Å². The third kappa shape index (κ3) is 2.54. The minimum atomic E-state index is 0.109. The van der Waals surface area contributed by atoms with Gasteiger partial charge in [0.2, 0.25) is 0 Å². The molecule has 1 unspecified atom stereocenters. The zero-order valence-electron chi connectivity index (χ0n) is 11.3. The van der Waals surface area contributed by atoms with E-state index < -0.39 is 0 Å². The zero-order chi connectivity index (χ0) is 13.9. The molecule has 0 amide bonds. The Hall–Kier alpha value is -1.87. The molecule has 1 atom stereocenters. The molecule has 0 radical (unpaired) electrons. The number of anilines is 1. The summed E-state index contributed by atoms with van der Waals surface area (Å²) in [6, 6.07) is 18.9. The second kappa shape index (κ2) is 5.63. The fraction of sp³-hybridized carbons (Fsp3) is 0.235. The van der Waals surface area contributed by atoms with Gasteiger partial charge in [0.15, 0.2) is 0 Å². The number of nitrogens with zero attached hydrogens (tertiary/aromatic N) is 1. The molecule has 1 aliphatic heterocycles. The van der Waals surface area contributed by atoms with E-state index in [2.05, 4.69) is 41.3 Å². The van der Waals surface area contributed by atoms with E-state index >= 15 is 0 Å². The quantitative estimate of drug-likeness (QED) is 0.874. The minimum absolute atomic E-state index is 0.109. The van der Waals surface area contributed by atoms with E-state index in [0.29, 0.717) is 4.99 Å². The smallest absolute Gasteiger partial charge is 0.0821 e. The number of thiocarbonyl (C=S) groups is 1. The lowest BCUT2D eigenvalue weighted by molar-refractivity contribution is 0.778. The summed E-state index contributed by atoms with van der Waals surface area (Å²) in [7, 11) is 0. The van der Waals surface area contributed by atoms with Crippen molar-refractivity contribution in [2.45, 2.75) is 12.3 Å². The first-order valence-electron chi connectivity index (χ1n) is 6.93. The second-order valence-electron chi connectivity index (χ2n) is 5.19. The molecular weight excluding hydrogens is 264 g/mol. The van der Waals surface area contributed by atoms with Gasteiger partial charge in [-0.3, -0.25) is 0 Å². The van der Waals surface area contributed by atoms with Gasteiger partial charge in [0.05, 0.1) is 10.9 Å². The first-order valence-corrected chi connectivity index (χ1v) is 7.33. The molecule has 2 N–H and O–H groups in total. The van der Waals surface area contributed by atoms with Gasteiger partial charge < -0.3 is 10.6 Å². The molecule has 3 rings (SSSR count). The van der Waals surface area contributed by atoms with E-state index in [1.807, 2.05) is 18.2 Å². The van der Waals surface area contributed by atoms with E-state index in [4.69, 9.17) is 18.0 Å². The molecule has 2 aromatic carbocycles. The van der Waals surface area contributed by atoms with Crippen LogP contribution < -0.4 is 10.6 Å². The normalized spacial score (nSPS) is 14.9. The molecule has 102 valence electrons. The molecule has 1 aliphatic rings. The highest BCUT2D eigenvalue weighted by atomic mass is 32.1. The summed E-state index contributed by atoms with van der Waals surface area (Å²) >= 11 is 5.28. The number of nitrogens with two attached hydrogens (primary N) is 1. The number of rotatable bonds is 4. The SMILES string of the molecule is NC(=S)C(CN1CCc2ccccc21)c1ccccc1. The summed E-state index contributed by atoms with van der Waals surface area (Å²) in [5.74, 6) is 0.109. The molecule has 2 nitrogen and oxygen atoms in total. The molecule has 0 spiro atoms. The van der Waals surface area contributed by atoms with Crippen LogP contribution in [0.3, 0.4) is 0 Å². The summed E-state index contributed by atoms with van der Waals surface area (Å²) in [6.07, 6.45) is 1.11. The monoisotopic (exact) mass is 282 g/mol. The van der Waals surface area contributed by atoms with Crippen LogP contribution in [0.15, 0.2) is 54.6 Å². The Morgan fingerprint density at radius 3 is 2.55 bits per heavy atom. The molecule has 3 heteroatoms. The number of para-hydroxylation sites is 1. The van der Waals surface area contributed by atoms with E-state index in [9.17, 15) is 0 Å². The van der Waals surface area contributed by atoms with Gasteiger partial charge in [0.1, 0.15) is 0 Å². The van der Waals surface area contributed by atoms with Crippen molar-refractivity contribution in [2.75, 3.05) is 18.0 Å². The molecule has 20 heavy (non-hydrogen) atoms. The van der Waals surface area contributed by atoms with Crippen molar-refractivity contribution in [1.82, 2.24) is 0 Å². The maximum Gasteiger partial charge on any atom is 0.0821 e. The summed E-state index contributed by atoms with van der Waals surface area (Å²) in [5, 5.41) is 0. The van der Waals surface area contributed by atoms with Crippen LogP contribution in [0.4, 0.5) is 5.69 Å². The molecule has 2 aromatic rings. The van der Waals surface area contributed by atoms with Crippen molar-refractivity contribution >= 4 is 22.9 Å². The molecular formula is C17H18N2S. The number of benzene rings is 2. The van der Waals surface area contributed by atoms with Crippen molar-refractivity contribution in [1.29, 1.82) is 0 Å². The lowest BCUT2D eigenvalue weighted by atomic mass is 9.98. The summed E-state index contributed by atoms with van der Waals surface area (Å²) < 4.78 is 0. The Morgan fingerprint density at radius 2 is 1.80 bits per heavy atom. The van der Waals surface area contributed by atoms with Crippen LogP contribution in [0.2, 0.25) is 0 Å². The average molecular weight is 282 g/mol. The van der Waals surface area contributed by atoms with Crippen LogP contribution in [-0.2, 0) is 6.42 Å². The molecule has 0 fully saturated rings. The molecule has 0 saturated heterocycles. The van der Waals surface area contributed by atoms with E-state index in [1.165, 1.54) is 16.8 Å². The van der Waals surface area contributed by atoms with Crippen molar-refractivity contribution in [3.8, 4) is 0 Å². The highest BCUT2D eigenvalue weighted by Crippen LogP contribution is 2.30. The van der Waals surface area contributed by atoms with Crippen LogP contribution in [0, 0.1) is 0 Å². The number of hydrogen-bond donors (Lipinski definition) is 1. The standard InChI is InChI=1S/C17H18N2S/c18-17(20)15(13-6-2-1-3-7-13)12-19-11-10-14-8-4-5-9-16(14)19/h1-9,15H,10-12H2,(H2,18,20). The average Bonchev–Trinajstić information content (AvgIpc) is 2.88. The van der Waals surface area contributed by atoms with Crippen molar-refractivity contribution in [2.24, 2.45) is 5.73 Å². The van der Waals surface area contributed by atoms with E-state index in [-0.39, 0.29) is 5.92 Å². The summed E-state index contributed by atoms with van der Waals surface area (Å²) in [6.45, 7) is 1.90. The van der Waals surface area contributed by atoms with Crippen molar-refractivity contribution in [3.63, 3.8) is 0 Å². The third-order valence-electron chi connectivity index (χ3n) is 3.93. The Kier molecular flexibility index (Phi) is 3.70. The predicted molar refractivity (Wildman–Crippen MR) is 88.3 cm³/mol. The number of hydrogen-bond acceptors (Lipinski definition) is 2. The maximum atomic E-state index is 5.97. The van der Waals surface area contributed by atoms with Crippen LogP contribution in [0.25, 0.3) is 0 Å². The number of fused-ring (bicyclic) bond motifs is 1. The van der Waals surface area contributed by atoms with Crippen LogP contribution >= 0.6 is 12.2 Å². The molecule has 1 heterocycles. The lowest BCUT2D eigenvalue weighted by Crippen LogP contribution is -2.33. The van der Waals surface area contributed by atoms with Gasteiger partial charge in [0.25, 0.3) is 0 Å². The van der Waals surface area contributed by atoms with E-state index in [0.717, 1.165) is 19.5 Å². The lowest BCUT2D eigenvalue weighted by Gasteiger charge is -2.25. The highest BCUT2D eigenvalue weighted by Gasteiger charge is 2.23. The van der Waals surface area contributed by atoms with Crippen molar-refractivity contribution < 1.29 is 0 Å². The van der Waals surface area contributed by atoms with Gasteiger partial charge >= 0.3 is 0 Å². The Balaban J connectivity index is 1.84. The van der Waals surface area contributed by atoms with Gasteiger partial charge in [-0.2, -0.15) is 0 Å². The minimum Gasteiger partial charge on any atom is -0.393 e.